The summed E-state index contributed by atoms with van der Waals surface area (Å²) in [6, 6.07) is 21.6. The van der Waals surface area contributed by atoms with Crippen LogP contribution in [0.25, 0.3) is 0 Å². The Hall–Kier alpha value is -1.64. The molecule has 7 rings (SSSR count). The zero-order chi connectivity index (χ0) is 29.0. The molecule has 0 spiro atoms. The Kier molecular flexibility index (Phi) is 7.66. The number of benzene rings is 2. The second-order valence-electron chi connectivity index (χ2n) is 16.5. The van der Waals surface area contributed by atoms with E-state index in [1.807, 2.05) is 0 Å². The third-order valence-electron chi connectivity index (χ3n) is 14.4. The smallest absolute Gasteiger partial charge is 0.0720 e. The monoisotopic (exact) mass is 568 g/mol. The first kappa shape index (κ1) is 29.1. The quantitative estimate of drug-likeness (QED) is 0.331. The zero-order valence-corrected chi connectivity index (χ0v) is 27.0. The minimum absolute atomic E-state index is 0.225. The van der Waals surface area contributed by atoms with Gasteiger partial charge in [0.2, 0.25) is 0 Å². The zero-order valence-electron chi connectivity index (χ0n) is 27.0. The van der Waals surface area contributed by atoms with E-state index in [1.165, 1.54) is 81.8 Å². The van der Waals surface area contributed by atoms with Crippen LogP contribution < -0.4 is 0 Å². The maximum Gasteiger partial charge on any atom is 0.0720 e. The fourth-order valence-corrected chi connectivity index (χ4v) is 12.6. The molecule has 5 aliphatic rings. The van der Waals surface area contributed by atoms with Crippen molar-refractivity contribution >= 4 is 0 Å². The highest BCUT2D eigenvalue weighted by molar-refractivity contribution is 5.17. The van der Waals surface area contributed by atoms with Gasteiger partial charge in [0.25, 0.3) is 0 Å². The molecular weight excluding hydrogens is 512 g/mol. The predicted octanol–water partition coefficient (Wildman–Crippen LogP) is 10.3. The van der Waals surface area contributed by atoms with Crippen molar-refractivity contribution in [2.75, 3.05) is 6.61 Å². The van der Waals surface area contributed by atoms with Gasteiger partial charge in [0, 0.05) is 0 Å². The predicted molar refractivity (Wildman–Crippen MR) is 172 cm³/mol. The molecule has 5 saturated carbocycles. The first-order valence-corrected chi connectivity index (χ1v) is 17.5. The highest BCUT2D eigenvalue weighted by atomic mass is 16.5. The van der Waals surface area contributed by atoms with E-state index in [2.05, 4.69) is 88.4 Å². The molecule has 0 amide bonds. The highest BCUT2D eigenvalue weighted by Crippen LogP contribution is 2.73. The van der Waals surface area contributed by atoms with Crippen molar-refractivity contribution in [1.82, 2.24) is 0 Å². The Morgan fingerprint density at radius 2 is 1.31 bits per heavy atom. The average Bonchev–Trinajstić information content (AvgIpc) is 3.42. The van der Waals surface area contributed by atoms with Crippen molar-refractivity contribution in [3.05, 3.63) is 71.8 Å². The van der Waals surface area contributed by atoms with Crippen LogP contribution in [-0.2, 0) is 22.7 Å². The molecule has 0 heterocycles. The molecule has 2 heteroatoms. The van der Waals surface area contributed by atoms with Gasteiger partial charge in [-0.05, 0) is 127 Å². The van der Waals surface area contributed by atoms with Gasteiger partial charge in [-0.25, -0.2) is 0 Å². The van der Waals surface area contributed by atoms with E-state index in [9.17, 15) is 0 Å². The van der Waals surface area contributed by atoms with Crippen LogP contribution in [0, 0.1) is 51.2 Å². The molecule has 0 aliphatic heterocycles. The Balaban J connectivity index is 1.05. The summed E-state index contributed by atoms with van der Waals surface area (Å²) < 4.78 is 13.3. The SMILES string of the molecule is CC1(C)C(OCc2ccccc2)CCC2(C)C1CCC1(C)C3CCC4(COCc5ccccc5)CCCC4C3CCC12. The van der Waals surface area contributed by atoms with Gasteiger partial charge >= 0.3 is 0 Å². The lowest BCUT2D eigenvalue weighted by atomic mass is 9.36. The first-order chi connectivity index (χ1) is 20.3. The summed E-state index contributed by atoms with van der Waals surface area (Å²) >= 11 is 0. The van der Waals surface area contributed by atoms with E-state index in [0.29, 0.717) is 22.3 Å². The van der Waals surface area contributed by atoms with Crippen LogP contribution in [-0.4, -0.2) is 12.7 Å². The fourth-order valence-electron chi connectivity index (χ4n) is 12.6. The molecule has 0 N–H and O–H groups in total. The molecule has 228 valence electrons. The molecule has 2 aromatic carbocycles. The standard InChI is InChI=1S/C40H56O2/c1-37(2)34-20-23-38(3)32-19-25-40(28-41-26-29-12-7-5-8-13-29)22-11-16-33(40)31(32)17-18-35(38)39(34,4)24-21-36(37)42-27-30-14-9-6-10-15-30/h5-10,12-15,31-36H,11,16-28H2,1-4H3. The van der Waals surface area contributed by atoms with Crippen molar-refractivity contribution in [3.8, 4) is 0 Å². The van der Waals surface area contributed by atoms with Crippen molar-refractivity contribution in [1.29, 1.82) is 0 Å². The maximum atomic E-state index is 6.73. The summed E-state index contributed by atoms with van der Waals surface area (Å²) in [4.78, 5) is 0. The minimum atomic E-state index is 0.225. The average molecular weight is 569 g/mol. The molecule has 2 nitrogen and oxygen atoms in total. The molecule has 0 saturated heterocycles. The van der Waals surface area contributed by atoms with Crippen LogP contribution in [0.1, 0.15) is 109 Å². The van der Waals surface area contributed by atoms with Crippen LogP contribution >= 0.6 is 0 Å². The van der Waals surface area contributed by atoms with Crippen LogP contribution in [0.2, 0.25) is 0 Å². The van der Waals surface area contributed by atoms with Gasteiger partial charge in [0.1, 0.15) is 0 Å². The Labute approximate surface area is 256 Å². The molecule has 9 unspecified atom stereocenters. The van der Waals surface area contributed by atoms with Gasteiger partial charge < -0.3 is 9.47 Å². The third kappa shape index (κ3) is 4.73. The lowest BCUT2D eigenvalue weighted by Crippen LogP contribution is -2.63. The van der Waals surface area contributed by atoms with Gasteiger partial charge in [-0.3, -0.25) is 0 Å². The molecule has 0 aromatic heterocycles. The van der Waals surface area contributed by atoms with Crippen molar-refractivity contribution in [2.45, 2.75) is 118 Å². The Morgan fingerprint density at radius 1 is 0.619 bits per heavy atom. The van der Waals surface area contributed by atoms with E-state index < -0.39 is 0 Å². The molecule has 2 aromatic rings. The summed E-state index contributed by atoms with van der Waals surface area (Å²) in [5.74, 6) is 4.34. The summed E-state index contributed by atoms with van der Waals surface area (Å²) in [7, 11) is 0. The lowest BCUT2D eigenvalue weighted by molar-refractivity contribution is -0.224. The summed E-state index contributed by atoms with van der Waals surface area (Å²) in [5, 5.41) is 0. The minimum Gasteiger partial charge on any atom is -0.376 e. The Morgan fingerprint density at radius 3 is 2.05 bits per heavy atom. The number of rotatable bonds is 7. The fraction of sp³-hybridized carbons (Fsp3) is 0.700. The third-order valence-corrected chi connectivity index (χ3v) is 14.4. The van der Waals surface area contributed by atoms with Gasteiger partial charge in [-0.2, -0.15) is 0 Å². The number of ether oxygens (including phenoxy) is 2. The van der Waals surface area contributed by atoms with E-state index in [4.69, 9.17) is 9.47 Å². The van der Waals surface area contributed by atoms with Gasteiger partial charge in [0.15, 0.2) is 0 Å². The van der Waals surface area contributed by atoms with Crippen molar-refractivity contribution in [2.24, 2.45) is 51.2 Å². The van der Waals surface area contributed by atoms with Crippen molar-refractivity contribution < 1.29 is 9.47 Å². The van der Waals surface area contributed by atoms with Crippen LogP contribution in [0.3, 0.4) is 0 Å². The molecule has 5 fully saturated rings. The van der Waals surface area contributed by atoms with E-state index in [1.54, 1.807) is 0 Å². The van der Waals surface area contributed by atoms with Crippen LogP contribution in [0.4, 0.5) is 0 Å². The molecule has 5 aliphatic carbocycles. The Bertz CT molecular complexity index is 1210. The maximum absolute atomic E-state index is 6.73. The van der Waals surface area contributed by atoms with Gasteiger partial charge in [0.05, 0.1) is 25.9 Å². The van der Waals surface area contributed by atoms with E-state index in [-0.39, 0.29) is 5.41 Å². The summed E-state index contributed by atoms with van der Waals surface area (Å²) in [6.07, 6.45) is 15.8. The normalized spacial score (nSPS) is 42.2. The second kappa shape index (κ2) is 11.1. The van der Waals surface area contributed by atoms with Gasteiger partial charge in [-0.1, -0.05) is 94.8 Å². The lowest BCUT2D eigenvalue weighted by Gasteiger charge is -2.69. The summed E-state index contributed by atoms with van der Waals surface area (Å²) in [6.45, 7) is 13.1. The molecule has 42 heavy (non-hydrogen) atoms. The highest BCUT2D eigenvalue weighted by Gasteiger charge is 2.66. The van der Waals surface area contributed by atoms with Crippen LogP contribution in [0.5, 0.6) is 0 Å². The number of hydrogen-bond donors (Lipinski definition) is 0. The van der Waals surface area contributed by atoms with E-state index in [0.717, 1.165) is 49.4 Å². The van der Waals surface area contributed by atoms with E-state index >= 15 is 0 Å². The van der Waals surface area contributed by atoms with Crippen molar-refractivity contribution in [3.63, 3.8) is 0 Å². The molecule has 0 bridgehead atoms. The van der Waals surface area contributed by atoms with Gasteiger partial charge in [-0.15, -0.1) is 0 Å². The second-order valence-corrected chi connectivity index (χ2v) is 16.5. The summed E-state index contributed by atoms with van der Waals surface area (Å²) in [5.41, 5.74) is 4.23. The number of fused-ring (bicyclic) bond motifs is 7. The van der Waals surface area contributed by atoms with Crippen LogP contribution in [0.15, 0.2) is 60.7 Å². The first-order valence-electron chi connectivity index (χ1n) is 17.5. The molecule has 9 atom stereocenters. The molecular formula is C40H56O2. The number of hydrogen-bond acceptors (Lipinski definition) is 2. The molecule has 0 radical (unpaired) electrons. The largest absolute Gasteiger partial charge is 0.376 e. The topological polar surface area (TPSA) is 18.5 Å².